The van der Waals surface area contributed by atoms with Gasteiger partial charge in [-0.25, -0.2) is 0 Å². The van der Waals surface area contributed by atoms with Crippen LogP contribution in [-0.2, 0) is 5.41 Å². The van der Waals surface area contributed by atoms with Gasteiger partial charge in [0.25, 0.3) is 5.91 Å². The molecule has 1 atom stereocenters. The van der Waals surface area contributed by atoms with Crippen molar-refractivity contribution in [3.05, 3.63) is 77.9 Å². The second-order valence-electron chi connectivity index (χ2n) is 7.16. The van der Waals surface area contributed by atoms with Gasteiger partial charge in [-0.3, -0.25) is 4.79 Å². The van der Waals surface area contributed by atoms with Crippen LogP contribution in [0.3, 0.4) is 0 Å². The summed E-state index contributed by atoms with van der Waals surface area (Å²) in [6, 6.07) is 16.2. The highest BCUT2D eigenvalue weighted by Crippen LogP contribution is 2.25. The zero-order valence-electron chi connectivity index (χ0n) is 15.5. The highest BCUT2D eigenvalue weighted by molar-refractivity contribution is 7.99. The van der Waals surface area contributed by atoms with Crippen molar-refractivity contribution in [2.45, 2.75) is 44.0 Å². The molecule has 1 N–H and O–H groups in total. The van der Waals surface area contributed by atoms with Crippen molar-refractivity contribution in [2.24, 2.45) is 0 Å². The Morgan fingerprint density at radius 2 is 1.80 bits per heavy atom. The third-order valence-electron chi connectivity index (χ3n) is 4.11. The summed E-state index contributed by atoms with van der Waals surface area (Å²) in [6.45, 7) is 12.4. The average Bonchev–Trinajstić information content (AvgIpc) is 2.59. The van der Waals surface area contributed by atoms with E-state index >= 15 is 0 Å². The predicted octanol–water partition coefficient (Wildman–Crippen LogP) is 5.75. The lowest BCUT2D eigenvalue weighted by molar-refractivity contribution is 0.0937. The molecule has 0 saturated carbocycles. The Kier molecular flexibility index (Phi) is 6.49. The quantitative estimate of drug-likeness (QED) is 0.529. The molecule has 2 nitrogen and oxygen atoms in total. The topological polar surface area (TPSA) is 29.1 Å². The van der Waals surface area contributed by atoms with Crippen LogP contribution in [0, 0.1) is 0 Å². The summed E-state index contributed by atoms with van der Waals surface area (Å²) >= 11 is 1.62. The number of rotatable bonds is 6. The molecule has 1 amide bonds. The van der Waals surface area contributed by atoms with Gasteiger partial charge in [-0.2, -0.15) is 0 Å². The standard InChI is InChI=1S/C22H27NOS/c1-6-15-25-20-10-8-7-9-19(20)21(24)23-16(2)17-11-13-18(14-12-17)22(3,4)5/h6-14,16H,1,15H2,2-5H3,(H,23,24)/t16-/m0/s1. The second-order valence-corrected chi connectivity index (χ2v) is 8.22. The Labute approximate surface area is 155 Å². The molecule has 0 aliphatic carbocycles. The van der Waals surface area contributed by atoms with Crippen molar-refractivity contribution >= 4 is 17.7 Å². The molecule has 0 fully saturated rings. The minimum absolute atomic E-state index is 0.0421. The lowest BCUT2D eigenvalue weighted by atomic mass is 9.86. The highest BCUT2D eigenvalue weighted by atomic mass is 32.2. The zero-order valence-corrected chi connectivity index (χ0v) is 16.3. The molecule has 0 aliphatic rings. The highest BCUT2D eigenvalue weighted by Gasteiger charge is 2.16. The zero-order chi connectivity index (χ0) is 18.4. The van der Waals surface area contributed by atoms with Crippen molar-refractivity contribution in [1.82, 2.24) is 5.32 Å². The first-order valence-corrected chi connectivity index (χ1v) is 9.55. The first kappa shape index (κ1) is 19.3. The summed E-state index contributed by atoms with van der Waals surface area (Å²) < 4.78 is 0. The Morgan fingerprint density at radius 3 is 2.40 bits per heavy atom. The van der Waals surface area contributed by atoms with Crippen LogP contribution in [-0.4, -0.2) is 11.7 Å². The molecule has 0 aromatic heterocycles. The maximum atomic E-state index is 12.7. The van der Waals surface area contributed by atoms with Gasteiger partial charge in [0.1, 0.15) is 0 Å². The molecule has 0 spiro atoms. The predicted molar refractivity (Wildman–Crippen MR) is 108 cm³/mol. The van der Waals surface area contributed by atoms with Crippen molar-refractivity contribution < 1.29 is 4.79 Å². The molecule has 132 valence electrons. The van der Waals surface area contributed by atoms with E-state index in [1.54, 1.807) is 11.8 Å². The number of carbonyl (C=O) groups excluding carboxylic acids is 1. The summed E-state index contributed by atoms with van der Waals surface area (Å²) in [4.78, 5) is 13.7. The monoisotopic (exact) mass is 353 g/mol. The van der Waals surface area contributed by atoms with E-state index < -0.39 is 0 Å². The van der Waals surface area contributed by atoms with E-state index in [4.69, 9.17) is 0 Å². The number of hydrogen-bond acceptors (Lipinski definition) is 2. The molecule has 3 heteroatoms. The van der Waals surface area contributed by atoms with Crippen LogP contribution in [0.25, 0.3) is 0 Å². The van der Waals surface area contributed by atoms with Crippen LogP contribution < -0.4 is 5.32 Å². The summed E-state index contributed by atoms with van der Waals surface area (Å²) in [6.07, 6.45) is 1.85. The third kappa shape index (κ3) is 5.23. The fraction of sp³-hybridized carbons (Fsp3) is 0.318. The van der Waals surface area contributed by atoms with Gasteiger partial charge in [0.2, 0.25) is 0 Å². The van der Waals surface area contributed by atoms with Crippen LogP contribution in [0.4, 0.5) is 0 Å². The van der Waals surface area contributed by atoms with Gasteiger partial charge in [-0.1, -0.05) is 63.2 Å². The molecule has 0 aliphatic heterocycles. The molecule has 0 unspecified atom stereocenters. The third-order valence-corrected chi connectivity index (χ3v) is 5.18. The first-order valence-electron chi connectivity index (χ1n) is 8.57. The van der Waals surface area contributed by atoms with Crippen molar-refractivity contribution in [3.63, 3.8) is 0 Å². The smallest absolute Gasteiger partial charge is 0.252 e. The SMILES string of the molecule is C=CCSc1ccccc1C(=O)N[C@@H](C)c1ccc(C(C)(C)C)cc1. The van der Waals surface area contributed by atoms with Crippen LogP contribution in [0.1, 0.15) is 55.2 Å². The summed E-state index contributed by atoms with van der Waals surface area (Å²) in [7, 11) is 0. The van der Waals surface area contributed by atoms with Gasteiger partial charge in [0.05, 0.1) is 11.6 Å². The van der Waals surface area contributed by atoms with E-state index in [9.17, 15) is 4.79 Å². The molecule has 0 bridgehead atoms. The van der Waals surface area contributed by atoms with Crippen molar-refractivity contribution in [3.8, 4) is 0 Å². The minimum atomic E-state index is -0.0426. The first-order chi connectivity index (χ1) is 11.8. The van der Waals surface area contributed by atoms with Gasteiger partial charge in [-0.15, -0.1) is 18.3 Å². The van der Waals surface area contributed by atoms with E-state index in [-0.39, 0.29) is 17.4 Å². The van der Waals surface area contributed by atoms with Crippen molar-refractivity contribution in [2.75, 3.05) is 5.75 Å². The molecule has 25 heavy (non-hydrogen) atoms. The van der Waals surface area contributed by atoms with E-state index in [0.717, 1.165) is 16.2 Å². The van der Waals surface area contributed by atoms with Crippen LogP contribution >= 0.6 is 11.8 Å². The number of benzene rings is 2. The molecule has 2 rings (SSSR count). The van der Waals surface area contributed by atoms with Crippen LogP contribution in [0.5, 0.6) is 0 Å². The number of nitrogens with one attached hydrogen (secondary N) is 1. The maximum Gasteiger partial charge on any atom is 0.252 e. The molecule has 0 radical (unpaired) electrons. The Balaban J connectivity index is 2.11. The van der Waals surface area contributed by atoms with Crippen molar-refractivity contribution in [1.29, 1.82) is 0 Å². The molecule has 2 aromatic rings. The van der Waals surface area contributed by atoms with E-state index in [1.165, 1.54) is 5.56 Å². The fourth-order valence-electron chi connectivity index (χ4n) is 2.56. The van der Waals surface area contributed by atoms with E-state index in [0.29, 0.717) is 5.56 Å². The van der Waals surface area contributed by atoms with Gasteiger partial charge in [0, 0.05) is 10.6 Å². The second kappa shape index (κ2) is 8.39. The van der Waals surface area contributed by atoms with Gasteiger partial charge in [-0.05, 0) is 35.6 Å². The molecular weight excluding hydrogens is 326 g/mol. The van der Waals surface area contributed by atoms with E-state index in [1.807, 2.05) is 37.3 Å². The summed E-state index contributed by atoms with van der Waals surface area (Å²) in [5.41, 5.74) is 3.25. The van der Waals surface area contributed by atoms with Gasteiger partial charge < -0.3 is 5.32 Å². The summed E-state index contributed by atoms with van der Waals surface area (Å²) in [5, 5.41) is 3.11. The summed E-state index contributed by atoms with van der Waals surface area (Å²) in [5.74, 6) is 0.744. The van der Waals surface area contributed by atoms with Crippen LogP contribution in [0.15, 0.2) is 66.1 Å². The molecule has 0 heterocycles. The molecule has 0 saturated heterocycles. The minimum Gasteiger partial charge on any atom is -0.345 e. The molecule has 2 aromatic carbocycles. The number of thioether (sulfide) groups is 1. The largest absolute Gasteiger partial charge is 0.345 e. The van der Waals surface area contributed by atoms with E-state index in [2.05, 4.69) is 56.9 Å². The Hall–Kier alpha value is -2.00. The molecular formula is C22H27NOS. The van der Waals surface area contributed by atoms with Crippen LogP contribution in [0.2, 0.25) is 0 Å². The van der Waals surface area contributed by atoms with Gasteiger partial charge in [0.15, 0.2) is 0 Å². The number of carbonyl (C=O) groups is 1. The average molecular weight is 354 g/mol. The maximum absolute atomic E-state index is 12.7. The number of hydrogen-bond donors (Lipinski definition) is 1. The fourth-order valence-corrected chi connectivity index (χ4v) is 3.35. The number of amides is 1. The Morgan fingerprint density at radius 1 is 1.16 bits per heavy atom. The lowest BCUT2D eigenvalue weighted by Crippen LogP contribution is -2.27. The Bertz CT molecular complexity index is 728. The van der Waals surface area contributed by atoms with Gasteiger partial charge >= 0.3 is 0 Å². The lowest BCUT2D eigenvalue weighted by Gasteiger charge is -2.21. The normalized spacial score (nSPS) is 12.5.